The van der Waals surface area contributed by atoms with Crippen molar-refractivity contribution in [3.63, 3.8) is 0 Å². The zero-order valence-corrected chi connectivity index (χ0v) is 15.6. The fourth-order valence-corrected chi connectivity index (χ4v) is 2.59. The highest BCUT2D eigenvalue weighted by molar-refractivity contribution is 6.01. The van der Waals surface area contributed by atoms with E-state index in [0.29, 0.717) is 17.8 Å². The largest absolute Gasteiger partial charge is 0.494 e. The molecule has 0 unspecified atom stereocenters. The number of nitrogens with one attached hydrogen (secondary N) is 1. The summed E-state index contributed by atoms with van der Waals surface area (Å²) in [6.45, 7) is 2.43. The van der Waals surface area contributed by atoms with Crippen molar-refractivity contribution in [2.45, 2.75) is 13.5 Å². The molecule has 0 radical (unpaired) electrons. The quantitative estimate of drug-likeness (QED) is 0.719. The molecule has 0 bridgehead atoms. The van der Waals surface area contributed by atoms with Crippen LogP contribution in [0.3, 0.4) is 0 Å². The molecule has 0 saturated heterocycles. The van der Waals surface area contributed by atoms with Gasteiger partial charge >= 0.3 is 5.97 Å². The van der Waals surface area contributed by atoms with Crippen LogP contribution in [0.2, 0.25) is 0 Å². The van der Waals surface area contributed by atoms with Crippen molar-refractivity contribution in [2.75, 3.05) is 32.6 Å². The van der Waals surface area contributed by atoms with Crippen molar-refractivity contribution < 1.29 is 23.5 Å². The number of ether oxygens (including phenoxy) is 2. The zero-order chi connectivity index (χ0) is 19.8. The summed E-state index contributed by atoms with van der Waals surface area (Å²) in [6.07, 6.45) is 0. The van der Waals surface area contributed by atoms with E-state index in [9.17, 15) is 14.0 Å². The molecule has 0 fully saturated rings. The lowest BCUT2D eigenvalue weighted by atomic mass is 10.1. The van der Waals surface area contributed by atoms with Crippen LogP contribution < -0.4 is 10.1 Å². The predicted octanol–water partition coefficient (Wildman–Crippen LogP) is 3.08. The van der Waals surface area contributed by atoms with Gasteiger partial charge in [-0.15, -0.1) is 0 Å². The minimum Gasteiger partial charge on any atom is -0.494 e. The lowest BCUT2D eigenvalue weighted by Crippen LogP contribution is -2.30. The smallest absolute Gasteiger partial charge is 0.340 e. The van der Waals surface area contributed by atoms with E-state index in [2.05, 4.69) is 5.32 Å². The first-order valence-electron chi connectivity index (χ1n) is 8.51. The average molecular weight is 374 g/mol. The molecule has 0 saturated carbocycles. The van der Waals surface area contributed by atoms with Gasteiger partial charge in [-0.25, -0.2) is 9.18 Å². The summed E-state index contributed by atoms with van der Waals surface area (Å²) in [6, 6.07) is 11.3. The molecular weight excluding hydrogens is 351 g/mol. The van der Waals surface area contributed by atoms with Gasteiger partial charge in [-0.1, -0.05) is 18.2 Å². The summed E-state index contributed by atoms with van der Waals surface area (Å²) < 4.78 is 23.7. The Kier molecular flexibility index (Phi) is 7.31. The topological polar surface area (TPSA) is 67.9 Å². The molecule has 0 aliphatic carbocycles. The summed E-state index contributed by atoms with van der Waals surface area (Å²) in [5.74, 6) is -1.05. The normalized spacial score (nSPS) is 10.6. The number of likely N-dealkylation sites (N-methyl/N-ethyl adjacent to an activating group) is 1. The first kappa shape index (κ1) is 20.4. The molecule has 6 nitrogen and oxygen atoms in total. The van der Waals surface area contributed by atoms with Crippen LogP contribution in [0.5, 0.6) is 5.75 Å². The third kappa shape index (κ3) is 5.79. The predicted molar refractivity (Wildman–Crippen MR) is 100 cm³/mol. The molecule has 2 aromatic rings. The minimum absolute atomic E-state index is 0.0742. The number of rotatable bonds is 8. The van der Waals surface area contributed by atoms with Crippen LogP contribution in [-0.2, 0) is 16.1 Å². The van der Waals surface area contributed by atoms with Gasteiger partial charge in [0.15, 0.2) is 11.6 Å². The molecule has 2 aromatic carbocycles. The number of hydrogen-bond acceptors (Lipinski definition) is 5. The Labute approximate surface area is 157 Å². The monoisotopic (exact) mass is 374 g/mol. The maximum atomic E-state index is 13.8. The second-order valence-electron chi connectivity index (χ2n) is 5.96. The molecule has 0 atom stereocenters. The second kappa shape index (κ2) is 9.68. The van der Waals surface area contributed by atoms with E-state index < -0.39 is 11.8 Å². The van der Waals surface area contributed by atoms with Crippen LogP contribution in [0.25, 0.3) is 0 Å². The molecule has 7 heteroatoms. The standard InChI is InChI=1S/C20H23FN2O4/c1-4-27-20(25)15-7-5-6-8-17(15)22-19(24)13-23(2)12-14-9-10-18(26-3)16(21)11-14/h5-11H,4,12-13H2,1-3H3,(H,22,24). The number of amides is 1. The van der Waals surface area contributed by atoms with Gasteiger partial charge in [-0.05, 0) is 43.8 Å². The number of halogens is 1. The number of nitrogens with zero attached hydrogens (tertiary/aromatic N) is 1. The van der Waals surface area contributed by atoms with Gasteiger partial charge in [0, 0.05) is 6.54 Å². The average Bonchev–Trinajstić information content (AvgIpc) is 2.62. The number of carbonyl (C=O) groups excluding carboxylic acids is 2. The molecule has 0 aromatic heterocycles. The van der Waals surface area contributed by atoms with E-state index in [1.807, 2.05) is 0 Å². The Morgan fingerprint density at radius 1 is 1.19 bits per heavy atom. The highest BCUT2D eigenvalue weighted by Crippen LogP contribution is 2.19. The van der Waals surface area contributed by atoms with Gasteiger partial charge in [0.05, 0.1) is 31.5 Å². The number of benzene rings is 2. The van der Waals surface area contributed by atoms with Gasteiger partial charge in [-0.3, -0.25) is 9.69 Å². The first-order valence-corrected chi connectivity index (χ1v) is 8.51. The van der Waals surface area contributed by atoms with Crippen molar-refractivity contribution in [3.05, 3.63) is 59.4 Å². The summed E-state index contributed by atoms with van der Waals surface area (Å²) >= 11 is 0. The van der Waals surface area contributed by atoms with Gasteiger partial charge < -0.3 is 14.8 Å². The molecule has 0 heterocycles. The Balaban J connectivity index is 1.97. The molecule has 1 amide bonds. The third-order valence-corrected chi connectivity index (χ3v) is 3.78. The molecular formula is C20H23FN2O4. The van der Waals surface area contributed by atoms with Crippen molar-refractivity contribution in [3.8, 4) is 5.75 Å². The van der Waals surface area contributed by atoms with Gasteiger partial charge in [0.2, 0.25) is 5.91 Å². The summed E-state index contributed by atoms with van der Waals surface area (Å²) in [4.78, 5) is 26.0. The summed E-state index contributed by atoms with van der Waals surface area (Å²) in [5, 5.41) is 2.72. The van der Waals surface area contributed by atoms with Gasteiger partial charge in [0.1, 0.15) is 0 Å². The molecule has 27 heavy (non-hydrogen) atoms. The SMILES string of the molecule is CCOC(=O)c1ccccc1NC(=O)CN(C)Cc1ccc(OC)c(F)c1. The minimum atomic E-state index is -0.490. The molecule has 0 spiro atoms. The number of para-hydroxylation sites is 1. The van der Waals surface area contributed by atoms with E-state index in [1.165, 1.54) is 13.2 Å². The summed E-state index contributed by atoms with van der Waals surface area (Å²) in [5.41, 5.74) is 1.41. The fraction of sp³-hybridized carbons (Fsp3) is 0.300. The number of esters is 1. The van der Waals surface area contributed by atoms with Crippen LogP contribution in [-0.4, -0.2) is 44.1 Å². The van der Waals surface area contributed by atoms with Crippen LogP contribution in [0, 0.1) is 5.82 Å². The molecule has 0 aliphatic heterocycles. The lowest BCUT2D eigenvalue weighted by Gasteiger charge is -2.17. The highest BCUT2D eigenvalue weighted by atomic mass is 19.1. The first-order chi connectivity index (χ1) is 12.9. The molecule has 1 N–H and O–H groups in total. The van der Waals surface area contributed by atoms with E-state index in [0.717, 1.165) is 5.56 Å². The second-order valence-corrected chi connectivity index (χ2v) is 5.96. The zero-order valence-electron chi connectivity index (χ0n) is 15.6. The van der Waals surface area contributed by atoms with Crippen molar-refractivity contribution in [1.82, 2.24) is 4.90 Å². The third-order valence-electron chi connectivity index (χ3n) is 3.78. The maximum Gasteiger partial charge on any atom is 0.340 e. The number of anilines is 1. The van der Waals surface area contributed by atoms with Crippen molar-refractivity contribution in [1.29, 1.82) is 0 Å². The lowest BCUT2D eigenvalue weighted by molar-refractivity contribution is -0.117. The van der Waals surface area contributed by atoms with Crippen LogP contribution in [0.15, 0.2) is 42.5 Å². The number of methoxy groups -OCH3 is 1. The maximum absolute atomic E-state index is 13.8. The van der Waals surface area contributed by atoms with E-state index in [1.54, 1.807) is 55.3 Å². The Hall–Kier alpha value is -2.93. The molecule has 144 valence electrons. The van der Waals surface area contributed by atoms with E-state index in [4.69, 9.17) is 9.47 Å². The van der Waals surface area contributed by atoms with Crippen LogP contribution in [0.4, 0.5) is 10.1 Å². The Morgan fingerprint density at radius 3 is 2.59 bits per heavy atom. The number of carbonyl (C=O) groups is 2. The summed E-state index contributed by atoms with van der Waals surface area (Å²) in [7, 11) is 3.15. The van der Waals surface area contributed by atoms with E-state index >= 15 is 0 Å². The fourth-order valence-electron chi connectivity index (χ4n) is 2.59. The Morgan fingerprint density at radius 2 is 1.93 bits per heavy atom. The van der Waals surface area contributed by atoms with Gasteiger partial charge in [-0.2, -0.15) is 0 Å². The van der Waals surface area contributed by atoms with E-state index in [-0.39, 0.29) is 24.8 Å². The Bertz CT molecular complexity index is 810. The van der Waals surface area contributed by atoms with Crippen molar-refractivity contribution in [2.24, 2.45) is 0 Å². The molecule has 0 aliphatic rings. The van der Waals surface area contributed by atoms with Crippen LogP contribution >= 0.6 is 0 Å². The highest BCUT2D eigenvalue weighted by Gasteiger charge is 2.15. The van der Waals surface area contributed by atoms with Gasteiger partial charge in [0.25, 0.3) is 0 Å². The van der Waals surface area contributed by atoms with Crippen molar-refractivity contribution >= 4 is 17.6 Å². The molecule has 2 rings (SSSR count). The number of hydrogen-bond donors (Lipinski definition) is 1. The van der Waals surface area contributed by atoms with Crippen LogP contribution in [0.1, 0.15) is 22.8 Å².